The molecule has 0 aromatic heterocycles. The Kier molecular flexibility index (Phi) is 5.32. The molecule has 0 saturated carbocycles. The first-order valence-corrected chi connectivity index (χ1v) is 11.1. The van der Waals surface area contributed by atoms with Crippen molar-refractivity contribution in [3.8, 4) is 17.2 Å². The van der Waals surface area contributed by atoms with Crippen molar-refractivity contribution in [3.63, 3.8) is 0 Å². The van der Waals surface area contributed by atoms with Crippen molar-refractivity contribution in [2.24, 2.45) is 5.10 Å². The number of methoxy groups -OCH3 is 1. The van der Waals surface area contributed by atoms with E-state index in [0.717, 1.165) is 50.5 Å². The Morgan fingerprint density at radius 1 is 1.06 bits per heavy atom. The normalized spacial score (nSPS) is 19.2. The number of hydrogen-bond donors (Lipinski definition) is 0. The van der Waals surface area contributed by atoms with Gasteiger partial charge in [-0.2, -0.15) is 5.10 Å². The molecule has 2 aliphatic heterocycles. The molecular weight excluding hydrogens is 456 g/mol. The van der Waals surface area contributed by atoms with E-state index in [0.29, 0.717) is 6.61 Å². The van der Waals surface area contributed by atoms with Crippen LogP contribution in [0, 0.1) is 0 Å². The lowest BCUT2D eigenvalue weighted by molar-refractivity contribution is -0.0205. The van der Waals surface area contributed by atoms with Crippen LogP contribution in [0.2, 0.25) is 0 Å². The van der Waals surface area contributed by atoms with Crippen LogP contribution in [0.1, 0.15) is 42.3 Å². The smallest absolute Gasteiger partial charge is 0.217 e. The van der Waals surface area contributed by atoms with E-state index in [1.165, 1.54) is 0 Å². The molecule has 5 rings (SSSR count). The SMILES string of the molecule is CCOc1ccc2c(c1)[C@H]1CC(c3ccccc3)=NN1[C@H](c1cc(Br)ccc1OC)O2. The second kappa shape index (κ2) is 8.27. The van der Waals surface area contributed by atoms with Gasteiger partial charge in [-0.15, -0.1) is 0 Å². The minimum absolute atomic E-state index is 0.0491. The molecule has 31 heavy (non-hydrogen) atoms. The average molecular weight is 479 g/mol. The molecule has 3 aromatic rings. The van der Waals surface area contributed by atoms with E-state index in [-0.39, 0.29) is 6.04 Å². The molecule has 0 bridgehead atoms. The minimum Gasteiger partial charge on any atom is -0.496 e. The van der Waals surface area contributed by atoms with E-state index >= 15 is 0 Å². The second-order valence-electron chi connectivity index (χ2n) is 7.50. The fourth-order valence-electron chi connectivity index (χ4n) is 4.23. The highest BCUT2D eigenvalue weighted by atomic mass is 79.9. The molecule has 2 atom stereocenters. The maximum Gasteiger partial charge on any atom is 0.217 e. The van der Waals surface area contributed by atoms with Crippen molar-refractivity contribution in [1.82, 2.24) is 5.01 Å². The zero-order chi connectivity index (χ0) is 21.4. The van der Waals surface area contributed by atoms with Gasteiger partial charge in [0.25, 0.3) is 0 Å². The summed E-state index contributed by atoms with van der Waals surface area (Å²) in [5, 5.41) is 7.09. The van der Waals surface area contributed by atoms with Gasteiger partial charge in [-0.1, -0.05) is 46.3 Å². The van der Waals surface area contributed by atoms with Crippen LogP contribution in [0.25, 0.3) is 0 Å². The molecule has 6 heteroatoms. The summed E-state index contributed by atoms with van der Waals surface area (Å²) >= 11 is 3.59. The third-order valence-electron chi connectivity index (χ3n) is 5.64. The van der Waals surface area contributed by atoms with E-state index in [4.69, 9.17) is 19.3 Å². The van der Waals surface area contributed by atoms with Crippen molar-refractivity contribution in [2.45, 2.75) is 25.6 Å². The van der Waals surface area contributed by atoms with Crippen molar-refractivity contribution in [2.75, 3.05) is 13.7 Å². The van der Waals surface area contributed by atoms with E-state index < -0.39 is 6.23 Å². The predicted molar refractivity (Wildman–Crippen MR) is 124 cm³/mol. The van der Waals surface area contributed by atoms with Gasteiger partial charge in [0, 0.05) is 16.5 Å². The third kappa shape index (κ3) is 3.65. The summed E-state index contributed by atoms with van der Waals surface area (Å²) in [4.78, 5) is 0. The lowest BCUT2D eigenvalue weighted by Gasteiger charge is -2.38. The molecule has 0 amide bonds. The first kappa shape index (κ1) is 19.9. The molecule has 0 spiro atoms. The lowest BCUT2D eigenvalue weighted by atomic mass is 9.95. The van der Waals surface area contributed by atoms with Gasteiger partial charge in [0.2, 0.25) is 6.23 Å². The van der Waals surface area contributed by atoms with Crippen LogP contribution in [0.5, 0.6) is 17.2 Å². The first-order valence-electron chi connectivity index (χ1n) is 10.4. The molecular formula is C25H23BrN2O3. The van der Waals surface area contributed by atoms with Crippen LogP contribution >= 0.6 is 15.9 Å². The molecule has 158 valence electrons. The summed E-state index contributed by atoms with van der Waals surface area (Å²) in [5.74, 6) is 2.46. The number of rotatable bonds is 5. The van der Waals surface area contributed by atoms with Crippen LogP contribution in [0.15, 0.2) is 76.3 Å². The largest absolute Gasteiger partial charge is 0.496 e. The topological polar surface area (TPSA) is 43.3 Å². The summed E-state index contributed by atoms with van der Waals surface area (Å²) in [6, 6.07) is 22.3. The standard InChI is InChI=1S/C25H23BrN2O3/c1-3-30-18-10-12-24-19(14-18)22-15-21(16-7-5-4-6-8-16)27-28(22)25(31-24)20-13-17(26)9-11-23(20)29-2/h4-14,22,25H,3,15H2,1-2H3/t22-,25+/m1/s1. The molecule has 0 saturated heterocycles. The summed E-state index contributed by atoms with van der Waals surface area (Å²) < 4.78 is 18.9. The Hall–Kier alpha value is -2.99. The summed E-state index contributed by atoms with van der Waals surface area (Å²) in [7, 11) is 1.68. The van der Waals surface area contributed by atoms with Gasteiger partial charge < -0.3 is 14.2 Å². The highest BCUT2D eigenvalue weighted by Gasteiger charge is 2.42. The Morgan fingerprint density at radius 3 is 2.68 bits per heavy atom. The predicted octanol–water partition coefficient (Wildman–Crippen LogP) is 6.10. The summed E-state index contributed by atoms with van der Waals surface area (Å²) in [6.07, 6.45) is 0.395. The van der Waals surface area contributed by atoms with Gasteiger partial charge in [0.15, 0.2) is 0 Å². The molecule has 5 nitrogen and oxygen atoms in total. The van der Waals surface area contributed by atoms with Crippen LogP contribution < -0.4 is 14.2 Å². The maximum absolute atomic E-state index is 6.51. The zero-order valence-electron chi connectivity index (χ0n) is 17.4. The fourth-order valence-corrected chi connectivity index (χ4v) is 4.61. The van der Waals surface area contributed by atoms with Gasteiger partial charge in [-0.3, -0.25) is 0 Å². The highest BCUT2D eigenvalue weighted by Crippen LogP contribution is 2.50. The minimum atomic E-state index is -0.399. The Labute approximate surface area is 190 Å². The van der Waals surface area contributed by atoms with Gasteiger partial charge >= 0.3 is 0 Å². The van der Waals surface area contributed by atoms with Crippen LogP contribution in [0.4, 0.5) is 0 Å². The molecule has 3 aromatic carbocycles. The van der Waals surface area contributed by atoms with E-state index in [2.05, 4.69) is 39.1 Å². The number of ether oxygens (including phenoxy) is 3. The molecule has 0 unspecified atom stereocenters. The number of hydrogen-bond acceptors (Lipinski definition) is 5. The van der Waals surface area contributed by atoms with Crippen LogP contribution in [-0.2, 0) is 0 Å². The summed E-state index contributed by atoms with van der Waals surface area (Å²) in [5.41, 5.74) is 4.19. The molecule has 0 fully saturated rings. The summed E-state index contributed by atoms with van der Waals surface area (Å²) in [6.45, 7) is 2.61. The molecule has 0 aliphatic carbocycles. The van der Waals surface area contributed by atoms with Gasteiger partial charge in [-0.25, -0.2) is 5.01 Å². The number of hydrazone groups is 1. The van der Waals surface area contributed by atoms with Crippen molar-refractivity contribution in [3.05, 3.63) is 87.9 Å². The molecule has 2 aliphatic rings. The lowest BCUT2D eigenvalue weighted by Crippen LogP contribution is -2.34. The van der Waals surface area contributed by atoms with Crippen LogP contribution in [0.3, 0.4) is 0 Å². The highest BCUT2D eigenvalue weighted by molar-refractivity contribution is 9.10. The maximum atomic E-state index is 6.51. The Bertz CT molecular complexity index is 1130. The Balaban J connectivity index is 1.63. The monoisotopic (exact) mass is 478 g/mol. The number of halogens is 1. The van der Waals surface area contributed by atoms with E-state index in [1.54, 1.807) is 7.11 Å². The molecule has 0 radical (unpaired) electrons. The van der Waals surface area contributed by atoms with Crippen molar-refractivity contribution < 1.29 is 14.2 Å². The van der Waals surface area contributed by atoms with Crippen LogP contribution in [-0.4, -0.2) is 24.4 Å². The van der Waals surface area contributed by atoms with Crippen molar-refractivity contribution >= 4 is 21.6 Å². The first-order chi connectivity index (χ1) is 15.2. The third-order valence-corrected chi connectivity index (χ3v) is 6.13. The van der Waals surface area contributed by atoms with Gasteiger partial charge in [0.05, 0.1) is 31.0 Å². The average Bonchev–Trinajstić information content (AvgIpc) is 3.25. The van der Waals surface area contributed by atoms with Gasteiger partial charge in [-0.05, 0) is 48.9 Å². The van der Waals surface area contributed by atoms with Gasteiger partial charge in [0.1, 0.15) is 17.2 Å². The number of fused-ring (bicyclic) bond motifs is 3. The zero-order valence-corrected chi connectivity index (χ0v) is 19.0. The Morgan fingerprint density at radius 2 is 1.90 bits per heavy atom. The fraction of sp³-hybridized carbons (Fsp3) is 0.240. The van der Waals surface area contributed by atoms with Crippen molar-refractivity contribution in [1.29, 1.82) is 0 Å². The number of nitrogens with zero attached hydrogens (tertiary/aromatic N) is 2. The quantitative estimate of drug-likeness (QED) is 0.444. The molecule has 0 N–H and O–H groups in total. The molecule has 2 heterocycles. The number of benzene rings is 3. The second-order valence-corrected chi connectivity index (χ2v) is 8.42. The van der Waals surface area contributed by atoms with E-state index in [9.17, 15) is 0 Å². The van der Waals surface area contributed by atoms with E-state index in [1.807, 2.05) is 55.5 Å².